The Morgan fingerprint density at radius 3 is 2.78 bits per heavy atom. The van der Waals surface area contributed by atoms with Crippen LogP contribution in [0.1, 0.15) is 11.1 Å². The number of fused-ring (bicyclic) bond motifs is 2. The molecule has 2 aromatic carbocycles. The molecule has 0 spiro atoms. The first-order valence-corrected chi connectivity index (χ1v) is 12.6. The molecule has 0 aliphatic carbocycles. The zero-order valence-corrected chi connectivity index (χ0v) is 19.5. The lowest BCUT2D eigenvalue weighted by Crippen LogP contribution is -2.27. The van der Waals surface area contributed by atoms with Crippen molar-refractivity contribution in [2.75, 3.05) is 55.9 Å². The van der Waals surface area contributed by atoms with E-state index in [4.69, 9.17) is 9.72 Å². The summed E-state index contributed by atoms with van der Waals surface area (Å²) < 4.78 is 26.5. The van der Waals surface area contributed by atoms with Gasteiger partial charge in [0.05, 0.1) is 22.8 Å². The van der Waals surface area contributed by atoms with E-state index < -0.39 is 10.6 Å². The number of anilines is 2. The highest BCUT2D eigenvalue weighted by Gasteiger charge is 2.26. The molecule has 1 aromatic heterocycles. The third-order valence-electron chi connectivity index (χ3n) is 5.71. The predicted octanol–water partition coefficient (Wildman–Crippen LogP) is 4.32. The van der Waals surface area contributed by atoms with Crippen molar-refractivity contribution in [3.05, 3.63) is 59.7 Å². The predicted molar refractivity (Wildman–Crippen MR) is 133 cm³/mol. The lowest BCUT2D eigenvalue weighted by atomic mass is 10.1. The van der Waals surface area contributed by atoms with Crippen molar-refractivity contribution in [3.63, 3.8) is 0 Å². The minimum absolute atomic E-state index is 0.295. The topological polar surface area (TPSA) is 89.9 Å². The van der Waals surface area contributed by atoms with Crippen LogP contribution in [0.5, 0.6) is 0 Å². The molecule has 2 heterocycles. The molecule has 7 nitrogen and oxygen atoms in total. The Balaban J connectivity index is 1.62. The van der Waals surface area contributed by atoms with E-state index >= 15 is 0 Å². The van der Waals surface area contributed by atoms with Crippen molar-refractivity contribution in [1.82, 2.24) is 10.3 Å². The number of ether oxygens (including phenoxy) is 1. The number of aryl methyl sites for hydroxylation is 1. The van der Waals surface area contributed by atoms with Gasteiger partial charge in [-0.1, -0.05) is 29.8 Å². The van der Waals surface area contributed by atoms with Gasteiger partial charge in [0, 0.05) is 57.0 Å². The maximum Gasteiger partial charge on any atom is 0.131 e. The molecule has 4 rings (SSSR count). The highest BCUT2D eigenvalue weighted by Crippen LogP contribution is 2.51. The summed E-state index contributed by atoms with van der Waals surface area (Å²) in [6.45, 7) is 6.32. The van der Waals surface area contributed by atoms with Gasteiger partial charge in [-0.05, 0) is 30.7 Å². The highest BCUT2D eigenvalue weighted by molar-refractivity contribution is 8.24. The van der Waals surface area contributed by atoms with Crippen LogP contribution in [0.3, 0.4) is 0 Å². The van der Waals surface area contributed by atoms with Crippen LogP contribution in [0.4, 0.5) is 11.5 Å². The van der Waals surface area contributed by atoms with Crippen molar-refractivity contribution in [2.45, 2.75) is 18.4 Å². The fourth-order valence-electron chi connectivity index (χ4n) is 4.00. The number of pyridine rings is 1. The second-order valence-electron chi connectivity index (χ2n) is 8.12. The van der Waals surface area contributed by atoms with Gasteiger partial charge in [-0.25, -0.2) is 4.98 Å². The molecule has 0 atom stereocenters. The van der Waals surface area contributed by atoms with Crippen LogP contribution < -0.4 is 15.5 Å². The molecule has 4 N–H and O–H groups in total. The molecule has 0 radical (unpaired) electrons. The molecule has 8 heteroatoms. The van der Waals surface area contributed by atoms with Crippen molar-refractivity contribution in [2.24, 2.45) is 0 Å². The second kappa shape index (κ2) is 10.1. The smallest absolute Gasteiger partial charge is 0.131 e. The summed E-state index contributed by atoms with van der Waals surface area (Å²) in [6, 6.07) is 16.0. The SMILES string of the molecule is COCCNCCNc1cc(N2CCS(O)(O)c3ccccc3C2)nc2ccc(C)cc12. The number of hydrogen-bond acceptors (Lipinski definition) is 7. The summed E-state index contributed by atoms with van der Waals surface area (Å²) in [6.07, 6.45) is 0. The Kier molecular flexibility index (Phi) is 7.17. The van der Waals surface area contributed by atoms with Crippen LogP contribution in [0.15, 0.2) is 53.4 Å². The fourth-order valence-corrected chi connectivity index (χ4v) is 5.54. The van der Waals surface area contributed by atoms with Crippen LogP contribution in [0.2, 0.25) is 0 Å². The average Bonchev–Trinajstić information content (AvgIpc) is 2.92. The van der Waals surface area contributed by atoms with Crippen LogP contribution >= 0.6 is 10.6 Å². The van der Waals surface area contributed by atoms with E-state index in [0.29, 0.717) is 30.3 Å². The molecule has 3 aromatic rings. The molecule has 0 unspecified atom stereocenters. The van der Waals surface area contributed by atoms with Gasteiger partial charge in [-0.2, -0.15) is 10.6 Å². The van der Waals surface area contributed by atoms with Crippen LogP contribution in [0, 0.1) is 6.92 Å². The summed E-state index contributed by atoms with van der Waals surface area (Å²) in [7, 11) is -1.10. The molecule has 0 fully saturated rings. The molecule has 0 amide bonds. The highest BCUT2D eigenvalue weighted by atomic mass is 32.3. The van der Waals surface area contributed by atoms with Crippen molar-refractivity contribution >= 4 is 33.0 Å². The largest absolute Gasteiger partial charge is 0.383 e. The van der Waals surface area contributed by atoms with Gasteiger partial charge in [-0.15, -0.1) is 0 Å². The second-order valence-corrected chi connectivity index (χ2v) is 10.3. The van der Waals surface area contributed by atoms with Crippen molar-refractivity contribution in [3.8, 4) is 0 Å². The zero-order chi connectivity index (χ0) is 22.6. The lowest BCUT2D eigenvalue weighted by Gasteiger charge is -2.32. The van der Waals surface area contributed by atoms with E-state index in [-0.39, 0.29) is 0 Å². The van der Waals surface area contributed by atoms with Gasteiger partial charge in [0.2, 0.25) is 0 Å². The third kappa shape index (κ3) is 5.16. The maximum atomic E-state index is 10.7. The van der Waals surface area contributed by atoms with E-state index in [1.165, 1.54) is 5.56 Å². The summed E-state index contributed by atoms with van der Waals surface area (Å²) in [4.78, 5) is 7.72. The molecule has 0 saturated carbocycles. The number of benzene rings is 2. The number of rotatable bonds is 8. The Bertz CT molecular complexity index is 1080. The van der Waals surface area contributed by atoms with E-state index in [1.807, 2.05) is 24.3 Å². The maximum absolute atomic E-state index is 10.7. The molecular formula is C24H32N4O3S. The van der Waals surface area contributed by atoms with E-state index in [0.717, 1.165) is 47.6 Å². The Hall–Kier alpha value is -2.36. The van der Waals surface area contributed by atoms with Gasteiger partial charge < -0.3 is 20.3 Å². The van der Waals surface area contributed by atoms with Gasteiger partial charge in [0.15, 0.2) is 0 Å². The zero-order valence-electron chi connectivity index (χ0n) is 18.7. The third-order valence-corrected chi connectivity index (χ3v) is 7.56. The summed E-state index contributed by atoms with van der Waals surface area (Å²) in [5, 5.41) is 8.00. The first kappa shape index (κ1) is 22.8. The number of hydrogen-bond donors (Lipinski definition) is 4. The Labute approximate surface area is 191 Å². The van der Waals surface area contributed by atoms with Gasteiger partial charge in [0.1, 0.15) is 5.82 Å². The van der Waals surface area contributed by atoms with Crippen LogP contribution in [0.25, 0.3) is 10.9 Å². The summed E-state index contributed by atoms with van der Waals surface area (Å²) >= 11 is 0. The fraction of sp³-hybridized carbons (Fsp3) is 0.375. The van der Waals surface area contributed by atoms with Crippen LogP contribution in [-0.4, -0.2) is 59.7 Å². The average molecular weight is 457 g/mol. The first-order valence-electron chi connectivity index (χ1n) is 10.9. The molecule has 0 saturated heterocycles. The summed E-state index contributed by atoms with van der Waals surface area (Å²) in [5.41, 5.74) is 4.08. The van der Waals surface area contributed by atoms with Crippen molar-refractivity contribution < 1.29 is 13.8 Å². The number of nitrogens with one attached hydrogen (secondary N) is 2. The minimum Gasteiger partial charge on any atom is -0.383 e. The molecule has 32 heavy (non-hydrogen) atoms. The van der Waals surface area contributed by atoms with E-state index in [9.17, 15) is 9.11 Å². The summed E-state index contributed by atoms with van der Waals surface area (Å²) in [5.74, 6) is 1.13. The van der Waals surface area contributed by atoms with Gasteiger partial charge in [-0.3, -0.25) is 9.11 Å². The molecule has 0 bridgehead atoms. The quantitative estimate of drug-likeness (QED) is 0.375. The number of methoxy groups -OCH3 is 1. The molecule has 172 valence electrons. The molecule has 1 aliphatic heterocycles. The molecular weight excluding hydrogens is 424 g/mol. The number of nitrogens with zero attached hydrogens (tertiary/aromatic N) is 2. The van der Waals surface area contributed by atoms with Crippen molar-refractivity contribution in [1.29, 1.82) is 0 Å². The van der Waals surface area contributed by atoms with Gasteiger partial charge >= 0.3 is 0 Å². The standard InChI is InChI=1S/C24H32N4O3S/c1-18-7-8-21-20(15-18)22(26-10-9-25-11-13-31-2)16-24(27-21)28-12-14-32(29,30)23-6-4-3-5-19(23)17-28/h3-8,15-16,25,29-30H,9-14,17H2,1-2H3,(H,26,27). The minimum atomic E-state index is -2.81. The number of aromatic nitrogens is 1. The Morgan fingerprint density at radius 2 is 1.94 bits per heavy atom. The van der Waals surface area contributed by atoms with E-state index in [1.54, 1.807) is 7.11 Å². The molecule has 1 aliphatic rings. The normalized spacial score (nSPS) is 16.4. The first-order chi connectivity index (χ1) is 15.5. The van der Waals surface area contributed by atoms with E-state index in [2.05, 4.69) is 46.7 Å². The monoisotopic (exact) mass is 456 g/mol. The van der Waals surface area contributed by atoms with Crippen LogP contribution in [-0.2, 0) is 11.3 Å². The Morgan fingerprint density at radius 1 is 1.09 bits per heavy atom. The lowest BCUT2D eigenvalue weighted by molar-refractivity contribution is 0.200. The van der Waals surface area contributed by atoms with Gasteiger partial charge in [0.25, 0.3) is 0 Å².